The Bertz CT molecular complexity index is 1300. The molecular weight excluding hydrogens is 438 g/mol. The Morgan fingerprint density at radius 3 is 2.20 bits per heavy atom. The zero-order chi connectivity index (χ0) is 24.5. The van der Waals surface area contributed by atoms with Crippen molar-refractivity contribution in [2.45, 2.75) is 25.3 Å². The van der Waals surface area contributed by atoms with E-state index >= 15 is 0 Å². The number of aliphatic carboxylic acids is 1. The van der Waals surface area contributed by atoms with Crippen LogP contribution in [0.2, 0.25) is 0 Å². The van der Waals surface area contributed by atoms with Gasteiger partial charge >= 0.3 is 5.97 Å². The molecule has 0 bridgehead atoms. The van der Waals surface area contributed by atoms with Gasteiger partial charge in [-0.2, -0.15) is 0 Å². The fourth-order valence-electron chi connectivity index (χ4n) is 4.16. The fourth-order valence-corrected chi connectivity index (χ4v) is 4.16. The van der Waals surface area contributed by atoms with E-state index in [1.54, 1.807) is 16.7 Å². The molecule has 5 heteroatoms. The lowest BCUT2D eigenvalue weighted by molar-refractivity contribution is -0.131. The van der Waals surface area contributed by atoms with Crippen LogP contribution in [0.3, 0.4) is 0 Å². The third-order valence-corrected chi connectivity index (χ3v) is 5.78. The van der Waals surface area contributed by atoms with Crippen LogP contribution in [0.4, 0.5) is 0 Å². The summed E-state index contributed by atoms with van der Waals surface area (Å²) in [6.45, 7) is 0.590. The van der Waals surface area contributed by atoms with E-state index in [1.807, 2.05) is 66.9 Å². The molecule has 1 heterocycles. The van der Waals surface area contributed by atoms with E-state index in [9.17, 15) is 9.59 Å². The monoisotopic (exact) mass is 465 g/mol. The molecule has 0 aliphatic rings. The van der Waals surface area contributed by atoms with Gasteiger partial charge in [-0.15, -0.1) is 0 Å². The molecule has 0 fully saturated rings. The lowest BCUT2D eigenvalue weighted by atomic mass is 9.86. The summed E-state index contributed by atoms with van der Waals surface area (Å²) in [5, 5.41) is 8.68. The topological polar surface area (TPSA) is 68.5 Å². The highest BCUT2D eigenvalue weighted by Gasteiger charge is 2.17. The Morgan fingerprint density at radius 2 is 1.54 bits per heavy atom. The summed E-state index contributed by atoms with van der Waals surface area (Å²) in [7, 11) is 0. The molecule has 0 aliphatic heterocycles. The molecule has 4 rings (SSSR count). The molecule has 0 saturated carbocycles. The molecule has 0 unspecified atom stereocenters. The average Bonchev–Trinajstić information content (AvgIpc) is 2.87. The first kappa shape index (κ1) is 23.8. The maximum atomic E-state index is 12.6. The van der Waals surface area contributed by atoms with Gasteiger partial charge in [-0.25, -0.2) is 4.79 Å². The van der Waals surface area contributed by atoms with Crippen LogP contribution in [-0.2, 0) is 17.8 Å². The minimum Gasteiger partial charge on any atom is -0.478 e. The van der Waals surface area contributed by atoms with E-state index in [4.69, 9.17) is 9.84 Å². The molecule has 0 aliphatic carbocycles. The van der Waals surface area contributed by atoms with Crippen molar-refractivity contribution >= 4 is 5.97 Å². The van der Waals surface area contributed by atoms with Crippen molar-refractivity contribution in [3.8, 4) is 5.75 Å². The number of aromatic nitrogens is 1. The van der Waals surface area contributed by atoms with Gasteiger partial charge in [-0.1, -0.05) is 78.9 Å². The van der Waals surface area contributed by atoms with Crippen molar-refractivity contribution in [3.05, 3.63) is 148 Å². The molecule has 176 valence electrons. The molecule has 0 atom stereocenters. The molecule has 35 heavy (non-hydrogen) atoms. The van der Waals surface area contributed by atoms with Crippen molar-refractivity contribution in [2.24, 2.45) is 0 Å². The number of carbonyl (C=O) groups is 1. The summed E-state index contributed by atoms with van der Waals surface area (Å²) in [6.07, 6.45) is 5.62. The highest BCUT2D eigenvalue weighted by atomic mass is 16.5. The number of carboxylic acids is 1. The molecular formula is C30H27NO4. The maximum Gasteiger partial charge on any atom is 0.331 e. The predicted molar refractivity (Wildman–Crippen MR) is 137 cm³/mol. The largest absolute Gasteiger partial charge is 0.478 e. The SMILES string of the molecule is O=C(O)/C=C/Oc1cccc(CCCn2cc(C(c3ccccc3)c3ccccc3)ccc2=O)c1. The second-order valence-electron chi connectivity index (χ2n) is 8.26. The fraction of sp³-hybridized carbons (Fsp3) is 0.133. The van der Waals surface area contributed by atoms with Gasteiger partial charge in [-0.3, -0.25) is 4.79 Å². The van der Waals surface area contributed by atoms with E-state index in [0.717, 1.165) is 36.3 Å². The summed E-state index contributed by atoms with van der Waals surface area (Å²) >= 11 is 0. The molecule has 0 spiro atoms. The summed E-state index contributed by atoms with van der Waals surface area (Å²) in [4.78, 5) is 23.2. The van der Waals surface area contributed by atoms with Crippen LogP contribution < -0.4 is 10.3 Å². The van der Waals surface area contributed by atoms with Gasteiger partial charge in [0.15, 0.2) is 0 Å². The van der Waals surface area contributed by atoms with E-state index in [-0.39, 0.29) is 11.5 Å². The first-order valence-corrected chi connectivity index (χ1v) is 11.6. The van der Waals surface area contributed by atoms with Gasteiger partial charge in [0.05, 0.1) is 12.3 Å². The third-order valence-electron chi connectivity index (χ3n) is 5.78. The van der Waals surface area contributed by atoms with E-state index in [2.05, 4.69) is 24.3 Å². The molecule has 0 saturated heterocycles. The minimum atomic E-state index is -1.06. The lowest BCUT2D eigenvalue weighted by Gasteiger charge is -2.20. The lowest BCUT2D eigenvalue weighted by Crippen LogP contribution is -2.20. The molecule has 3 aromatic carbocycles. The van der Waals surface area contributed by atoms with Crippen LogP contribution >= 0.6 is 0 Å². The molecule has 4 aromatic rings. The van der Waals surface area contributed by atoms with Gasteiger partial charge in [0.2, 0.25) is 0 Å². The first-order valence-electron chi connectivity index (χ1n) is 11.6. The first-order chi connectivity index (χ1) is 17.1. The number of rotatable bonds is 10. The number of hydrogen-bond donors (Lipinski definition) is 1. The molecule has 5 nitrogen and oxygen atoms in total. The highest BCUT2D eigenvalue weighted by molar-refractivity contribution is 5.79. The van der Waals surface area contributed by atoms with Crippen LogP contribution in [-0.4, -0.2) is 15.6 Å². The van der Waals surface area contributed by atoms with E-state index in [0.29, 0.717) is 12.3 Å². The second-order valence-corrected chi connectivity index (χ2v) is 8.26. The Morgan fingerprint density at radius 1 is 0.857 bits per heavy atom. The summed E-state index contributed by atoms with van der Waals surface area (Å²) in [6, 6.07) is 31.7. The Kier molecular flexibility index (Phi) is 7.92. The van der Waals surface area contributed by atoms with E-state index < -0.39 is 5.97 Å². The maximum absolute atomic E-state index is 12.6. The van der Waals surface area contributed by atoms with Crippen LogP contribution in [0.1, 0.15) is 34.6 Å². The van der Waals surface area contributed by atoms with Gasteiger partial charge in [0.1, 0.15) is 5.75 Å². The summed E-state index contributed by atoms with van der Waals surface area (Å²) in [5.74, 6) is -0.444. The van der Waals surface area contributed by atoms with Crippen molar-refractivity contribution in [3.63, 3.8) is 0 Å². The molecule has 0 radical (unpaired) electrons. The second kappa shape index (κ2) is 11.7. The minimum absolute atomic E-state index is 0.0236. The average molecular weight is 466 g/mol. The van der Waals surface area contributed by atoms with Crippen molar-refractivity contribution in [1.82, 2.24) is 4.57 Å². The van der Waals surface area contributed by atoms with Crippen molar-refractivity contribution < 1.29 is 14.6 Å². The van der Waals surface area contributed by atoms with Gasteiger partial charge in [0.25, 0.3) is 5.56 Å². The van der Waals surface area contributed by atoms with Crippen molar-refractivity contribution in [2.75, 3.05) is 0 Å². The Labute approximate surface area is 204 Å². The van der Waals surface area contributed by atoms with E-state index in [1.165, 1.54) is 11.1 Å². The number of pyridine rings is 1. The number of carboxylic acid groups (broad SMARTS) is 1. The number of nitrogens with zero attached hydrogens (tertiary/aromatic N) is 1. The standard InChI is InChI=1S/C30H27NO4/c32-28-17-16-26(30(24-11-3-1-4-12-24)25-13-5-2-6-14-25)22-31(28)19-8-10-23-9-7-15-27(21-23)35-20-18-29(33)34/h1-7,9,11-18,20-22,30H,8,10,19H2,(H,33,34)/b20-18+. The predicted octanol–water partition coefficient (Wildman–Crippen LogP) is 5.64. The number of benzene rings is 3. The summed E-state index contributed by atoms with van der Waals surface area (Å²) < 4.78 is 7.13. The molecule has 1 N–H and O–H groups in total. The molecule has 0 amide bonds. The van der Waals surface area contributed by atoms with Crippen LogP contribution in [0.15, 0.2) is 120 Å². The van der Waals surface area contributed by atoms with Gasteiger partial charge in [-0.05, 0) is 47.2 Å². The Hall–Kier alpha value is -4.38. The summed E-state index contributed by atoms with van der Waals surface area (Å²) in [5.41, 5.74) is 4.46. The smallest absolute Gasteiger partial charge is 0.331 e. The number of hydrogen-bond acceptors (Lipinski definition) is 3. The molecule has 1 aromatic heterocycles. The van der Waals surface area contributed by atoms with Crippen LogP contribution in [0.5, 0.6) is 5.75 Å². The Balaban J connectivity index is 1.50. The van der Waals surface area contributed by atoms with Gasteiger partial charge in [0, 0.05) is 24.7 Å². The zero-order valence-electron chi connectivity index (χ0n) is 19.3. The quantitative estimate of drug-likeness (QED) is 0.243. The zero-order valence-corrected chi connectivity index (χ0v) is 19.3. The van der Waals surface area contributed by atoms with Gasteiger partial charge < -0.3 is 14.4 Å². The number of ether oxygens (including phenoxy) is 1. The highest BCUT2D eigenvalue weighted by Crippen LogP contribution is 2.31. The third kappa shape index (κ3) is 6.58. The van der Waals surface area contributed by atoms with Crippen molar-refractivity contribution in [1.29, 1.82) is 0 Å². The normalized spacial score (nSPS) is 11.1. The van der Waals surface area contributed by atoms with Crippen LogP contribution in [0.25, 0.3) is 0 Å². The number of aryl methyl sites for hydroxylation is 2. The van der Waals surface area contributed by atoms with Crippen LogP contribution in [0, 0.1) is 0 Å².